The Labute approximate surface area is 126 Å². The molecule has 0 amide bonds. The number of nitrogens with zero attached hydrogens (tertiary/aromatic N) is 1. The van der Waals surface area contributed by atoms with Gasteiger partial charge in [-0.1, -0.05) is 18.2 Å². The Morgan fingerprint density at radius 2 is 1.62 bits per heavy atom. The number of hydrogen-bond donors (Lipinski definition) is 0. The second-order valence-corrected chi connectivity index (χ2v) is 4.87. The first kappa shape index (κ1) is 15.1. The van der Waals surface area contributed by atoms with E-state index in [4.69, 9.17) is 4.74 Å². The summed E-state index contributed by atoms with van der Waals surface area (Å²) in [5.41, 5.74) is 2.63. The van der Waals surface area contributed by atoms with Gasteiger partial charge < -0.3 is 9.64 Å². The number of benzene rings is 2. The van der Waals surface area contributed by atoms with E-state index in [1.807, 2.05) is 49.4 Å². The van der Waals surface area contributed by atoms with Gasteiger partial charge >= 0.3 is 5.97 Å². The van der Waals surface area contributed by atoms with E-state index in [-0.39, 0.29) is 5.97 Å². The summed E-state index contributed by atoms with van der Waals surface area (Å²) in [7, 11) is 0. The van der Waals surface area contributed by atoms with Crippen molar-refractivity contribution in [1.29, 1.82) is 0 Å². The van der Waals surface area contributed by atoms with Gasteiger partial charge in [0.05, 0.1) is 5.56 Å². The number of esters is 1. The van der Waals surface area contributed by atoms with Crippen molar-refractivity contribution < 1.29 is 9.53 Å². The average molecular weight is 283 g/mol. The van der Waals surface area contributed by atoms with E-state index in [9.17, 15) is 4.79 Å². The van der Waals surface area contributed by atoms with E-state index in [0.717, 1.165) is 24.3 Å². The molecule has 0 saturated heterocycles. The first-order valence-electron chi connectivity index (χ1n) is 7.28. The molecule has 3 nitrogen and oxygen atoms in total. The maximum absolute atomic E-state index is 12.2. The highest BCUT2D eigenvalue weighted by atomic mass is 16.5. The minimum absolute atomic E-state index is 0.324. The van der Waals surface area contributed by atoms with Crippen LogP contribution in [-0.2, 0) is 0 Å². The van der Waals surface area contributed by atoms with Crippen molar-refractivity contribution in [1.82, 2.24) is 0 Å². The predicted molar refractivity (Wildman–Crippen MR) is 86.1 cm³/mol. The number of para-hydroxylation sites is 1. The summed E-state index contributed by atoms with van der Waals surface area (Å²) in [5.74, 6) is 0.283. The molecule has 2 aromatic rings. The summed E-state index contributed by atoms with van der Waals surface area (Å²) < 4.78 is 5.43. The molecule has 0 spiro atoms. The van der Waals surface area contributed by atoms with Gasteiger partial charge in [-0.2, -0.15) is 0 Å². The van der Waals surface area contributed by atoms with Crippen LogP contribution >= 0.6 is 0 Å². The van der Waals surface area contributed by atoms with Crippen molar-refractivity contribution in [3.05, 3.63) is 59.7 Å². The van der Waals surface area contributed by atoms with Gasteiger partial charge in [-0.3, -0.25) is 0 Å². The third-order valence-electron chi connectivity index (χ3n) is 3.53. The quantitative estimate of drug-likeness (QED) is 0.612. The molecule has 0 N–H and O–H groups in total. The van der Waals surface area contributed by atoms with Gasteiger partial charge in [-0.25, -0.2) is 4.79 Å². The van der Waals surface area contributed by atoms with Gasteiger partial charge in [0, 0.05) is 18.8 Å². The Kier molecular flexibility index (Phi) is 4.99. The number of anilines is 1. The van der Waals surface area contributed by atoms with Crippen LogP contribution in [0.25, 0.3) is 0 Å². The molecule has 2 aromatic carbocycles. The number of rotatable bonds is 5. The van der Waals surface area contributed by atoms with E-state index in [2.05, 4.69) is 18.7 Å². The summed E-state index contributed by atoms with van der Waals surface area (Å²) in [6, 6.07) is 15.1. The fraction of sp³-hybridized carbons (Fsp3) is 0.278. The largest absolute Gasteiger partial charge is 0.423 e. The van der Waals surface area contributed by atoms with Gasteiger partial charge in [0.15, 0.2) is 0 Å². The number of carbonyl (C=O) groups excluding carboxylic acids is 1. The SMILES string of the molecule is CCN(CC)c1ccc(C(=O)Oc2ccccc2C)cc1. The number of hydrogen-bond acceptors (Lipinski definition) is 3. The van der Waals surface area contributed by atoms with Crippen LogP contribution < -0.4 is 9.64 Å². The van der Waals surface area contributed by atoms with Gasteiger partial charge in [0.2, 0.25) is 0 Å². The lowest BCUT2D eigenvalue weighted by molar-refractivity contribution is 0.0733. The minimum Gasteiger partial charge on any atom is -0.423 e. The van der Waals surface area contributed by atoms with E-state index in [1.165, 1.54) is 0 Å². The van der Waals surface area contributed by atoms with Crippen LogP contribution in [0.1, 0.15) is 29.8 Å². The highest BCUT2D eigenvalue weighted by molar-refractivity contribution is 5.91. The second kappa shape index (κ2) is 6.93. The van der Waals surface area contributed by atoms with Crippen molar-refractivity contribution in [2.45, 2.75) is 20.8 Å². The van der Waals surface area contributed by atoms with Crippen molar-refractivity contribution in [2.75, 3.05) is 18.0 Å². The molecule has 0 fully saturated rings. The van der Waals surface area contributed by atoms with Crippen LogP contribution in [0.3, 0.4) is 0 Å². The zero-order valence-electron chi connectivity index (χ0n) is 12.8. The summed E-state index contributed by atoms with van der Waals surface area (Å²) in [5, 5.41) is 0. The van der Waals surface area contributed by atoms with Crippen LogP contribution in [0.4, 0.5) is 5.69 Å². The number of aryl methyl sites for hydroxylation is 1. The van der Waals surface area contributed by atoms with Crippen LogP contribution in [-0.4, -0.2) is 19.1 Å². The summed E-state index contributed by atoms with van der Waals surface area (Å²) in [6.45, 7) is 8.05. The molecule has 0 heterocycles. The zero-order valence-corrected chi connectivity index (χ0v) is 12.8. The van der Waals surface area contributed by atoms with Crippen molar-refractivity contribution in [2.24, 2.45) is 0 Å². The Balaban J connectivity index is 2.12. The maximum atomic E-state index is 12.2. The van der Waals surface area contributed by atoms with Crippen molar-refractivity contribution in [3.63, 3.8) is 0 Å². The molecule has 110 valence electrons. The molecule has 0 aliphatic heterocycles. The second-order valence-electron chi connectivity index (χ2n) is 4.87. The fourth-order valence-corrected chi connectivity index (χ4v) is 2.23. The topological polar surface area (TPSA) is 29.5 Å². The Bertz CT molecular complexity index is 601. The van der Waals surface area contributed by atoms with Crippen LogP contribution in [0, 0.1) is 6.92 Å². The molecule has 0 aliphatic carbocycles. The van der Waals surface area contributed by atoms with E-state index < -0.39 is 0 Å². The van der Waals surface area contributed by atoms with Gasteiger partial charge in [0.25, 0.3) is 0 Å². The fourth-order valence-electron chi connectivity index (χ4n) is 2.23. The lowest BCUT2D eigenvalue weighted by atomic mass is 10.2. The van der Waals surface area contributed by atoms with Crippen molar-refractivity contribution >= 4 is 11.7 Å². The third kappa shape index (κ3) is 3.63. The first-order valence-corrected chi connectivity index (χ1v) is 7.28. The number of carbonyl (C=O) groups is 1. The average Bonchev–Trinajstić information content (AvgIpc) is 2.51. The molecule has 0 atom stereocenters. The highest BCUT2D eigenvalue weighted by Crippen LogP contribution is 2.19. The normalized spacial score (nSPS) is 10.2. The van der Waals surface area contributed by atoms with E-state index in [0.29, 0.717) is 11.3 Å². The minimum atomic E-state index is -0.324. The lowest BCUT2D eigenvalue weighted by Crippen LogP contribution is -2.21. The molecule has 2 rings (SSSR count). The first-order chi connectivity index (χ1) is 10.2. The summed E-state index contributed by atoms with van der Waals surface area (Å²) in [6.07, 6.45) is 0. The van der Waals surface area contributed by atoms with Gasteiger partial charge in [0.1, 0.15) is 5.75 Å². The van der Waals surface area contributed by atoms with Crippen molar-refractivity contribution in [3.8, 4) is 5.75 Å². The Morgan fingerprint density at radius 1 is 1.00 bits per heavy atom. The number of ether oxygens (including phenoxy) is 1. The smallest absolute Gasteiger partial charge is 0.343 e. The summed E-state index contributed by atoms with van der Waals surface area (Å²) >= 11 is 0. The Morgan fingerprint density at radius 3 is 2.19 bits per heavy atom. The lowest BCUT2D eigenvalue weighted by Gasteiger charge is -2.20. The molecule has 0 saturated carbocycles. The Hall–Kier alpha value is -2.29. The van der Waals surface area contributed by atoms with E-state index >= 15 is 0 Å². The molecule has 21 heavy (non-hydrogen) atoms. The van der Waals surface area contributed by atoms with Crippen LogP contribution in [0.2, 0.25) is 0 Å². The molecular weight excluding hydrogens is 262 g/mol. The van der Waals surface area contributed by atoms with Crippen LogP contribution in [0.5, 0.6) is 5.75 Å². The standard InChI is InChI=1S/C18H21NO2/c1-4-19(5-2)16-12-10-15(11-13-16)18(20)21-17-9-7-6-8-14(17)3/h6-13H,4-5H2,1-3H3. The molecule has 0 radical (unpaired) electrons. The molecule has 0 aliphatic rings. The van der Waals surface area contributed by atoms with Gasteiger partial charge in [-0.05, 0) is 56.7 Å². The molecule has 0 unspecified atom stereocenters. The third-order valence-corrected chi connectivity index (χ3v) is 3.53. The monoisotopic (exact) mass is 283 g/mol. The molecule has 0 bridgehead atoms. The van der Waals surface area contributed by atoms with Gasteiger partial charge in [-0.15, -0.1) is 0 Å². The van der Waals surface area contributed by atoms with Crippen LogP contribution in [0.15, 0.2) is 48.5 Å². The van der Waals surface area contributed by atoms with E-state index in [1.54, 1.807) is 6.07 Å². The molecule has 0 aromatic heterocycles. The predicted octanol–water partition coefficient (Wildman–Crippen LogP) is 4.06. The molecular formula is C18H21NO2. The zero-order chi connectivity index (χ0) is 15.2. The maximum Gasteiger partial charge on any atom is 0.343 e. The highest BCUT2D eigenvalue weighted by Gasteiger charge is 2.10. The summed E-state index contributed by atoms with van der Waals surface area (Å²) in [4.78, 5) is 14.4. The molecule has 3 heteroatoms.